The van der Waals surface area contributed by atoms with Crippen LogP contribution in [0.1, 0.15) is 13.3 Å². The number of amides is 1. The third-order valence-electron chi connectivity index (χ3n) is 4.62. The summed E-state index contributed by atoms with van der Waals surface area (Å²) in [7, 11) is 0. The zero-order chi connectivity index (χ0) is 19.5. The fourth-order valence-electron chi connectivity index (χ4n) is 3.14. The van der Waals surface area contributed by atoms with Gasteiger partial charge < -0.3 is 5.32 Å². The maximum absolute atomic E-state index is 12.7. The van der Waals surface area contributed by atoms with Crippen molar-refractivity contribution in [1.29, 1.82) is 0 Å². The monoisotopic (exact) mass is 373 g/mol. The first-order valence-corrected chi connectivity index (χ1v) is 8.95. The molecule has 140 valence electrons. The van der Waals surface area contributed by atoms with E-state index in [0.717, 1.165) is 16.9 Å². The summed E-state index contributed by atoms with van der Waals surface area (Å²) in [5, 5.41) is 15.7. The van der Waals surface area contributed by atoms with Crippen molar-refractivity contribution in [3.05, 3.63) is 66.9 Å². The van der Waals surface area contributed by atoms with Gasteiger partial charge in [0.2, 0.25) is 0 Å². The van der Waals surface area contributed by atoms with Crippen LogP contribution in [0, 0.1) is 0 Å². The molecule has 1 aliphatic rings. The standard InChI is InChI=1S/C21H19N5O2/c1-14(27)20-13-19(25-26(20)17-5-3-2-4-6-17)21(28)23-16-9-7-15(8-10-16)18-11-12-22-24-18/h2-12,20H,13H2,1H3,(H,22,24)(H,23,28)/t20-/m0/s1. The minimum absolute atomic E-state index is 0.0284. The maximum Gasteiger partial charge on any atom is 0.271 e. The number of ketones is 1. The minimum atomic E-state index is -0.467. The molecule has 7 heteroatoms. The molecule has 28 heavy (non-hydrogen) atoms. The second-order valence-electron chi connectivity index (χ2n) is 6.56. The SMILES string of the molecule is CC(=O)[C@@H]1CC(C(=O)Nc2ccc(-c3ccn[nH]3)cc2)=NN1c1ccccc1. The second-order valence-corrected chi connectivity index (χ2v) is 6.56. The quantitative estimate of drug-likeness (QED) is 0.718. The molecule has 3 aromatic rings. The Labute approximate surface area is 162 Å². The minimum Gasteiger partial charge on any atom is -0.321 e. The Kier molecular flexibility index (Phi) is 4.72. The molecular weight excluding hydrogens is 354 g/mol. The highest BCUT2D eigenvalue weighted by atomic mass is 16.2. The number of benzene rings is 2. The van der Waals surface area contributed by atoms with Gasteiger partial charge in [-0.25, -0.2) is 0 Å². The zero-order valence-electron chi connectivity index (χ0n) is 15.3. The Hall–Kier alpha value is -3.74. The lowest BCUT2D eigenvalue weighted by Gasteiger charge is -2.20. The zero-order valence-corrected chi connectivity index (χ0v) is 15.3. The van der Waals surface area contributed by atoms with Crippen molar-refractivity contribution in [2.75, 3.05) is 10.3 Å². The number of para-hydroxylation sites is 1. The molecule has 2 heterocycles. The molecule has 1 atom stereocenters. The first-order chi connectivity index (χ1) is 13.6. The molecular formula is C21H19N5O2. The van der Waals surface area contributed by atoms with Gasteiger partial charge in [-0.05, 0) is 42.8 Å². The number of hydrogen-bond acceptors (Lipinski definition) is 5. The Bertz CT molecular complexity index is 1010. The molecule has 2 N–H and O–H groups in total. The van der Waals surface area contributed by atoms with E-state index in [1.54, 1.807) is 11.2 Å². The summed E-state index contributed by atoms with van der Waals surface area (Å²) in [4.78, 5) is 24.7. The van der Waals surface area contributed by atoms with E-state index in [4.69, 9.17) is 0 Å². The van der Waals surface area contributed by atoms with Crippen LogP contribution in [0.2, 0.25) is 0 Å². The Morgan fingerprint density at radius 3 is 2.46 bits per heavy atom. The van der Waals surface area contributed by atoms with E-state index in [2.05, 4.69) is 20.6 Å². The molecule has 0 saturated heterocycles. The number of aromatic nitrogens is 2. The summed E-state index contributed by atoms with van der Waals surface area (Å²) in [6.07, 6.45) is 1.97. The van der Waals surface area contributed by atoms with Crippen LogP contribution >= 0.6 is 0 Å². The number of carbonyl (C=O) groups excluding carboxylic acids is 2. The number of nitrogens with zero attached hydrogens (tertiary/aromatic N) is 3. The van der Waals surface area contributed by atoms with E-state index in [1.165, 1.54) is 6.92 Å². The largest absolute Gasteiger partial charge is 0.321 e. The highest BCUT2D eigenvalue weighted by molar-refractivity contribution is 6.44. The van der Waals surface area contributed by atoms with E-state index in [9.17, 15) is 9.59 Å². The summed E-state index contributed by atoms with van der Waals surface area (Å²) in [5.41, 5.74) is 3.66. The van der Waals surface area contributed by atoms with Crippen molar-refractivity contribution in [1.82, 2.24) is 10.2 Å². The third kappa shape index (κ3) is 3.55. The Morgan fingerprint density at radius 1 is 1.07 bits per heavy atom. The lowest BCUT2D eigenvalue weighted by atomic mass is 10.1. The fraction of sp³-hybridized carbons (Fsp3) is 0.143. The van der Waals surface area contributed by atoms with E-state index >= 15 is 0 Å². The van der Waals surface area contributed by atoms with Crippen LogP contribution in [-0.4, -0.2) is 33.6 Å². The number of hydrogen-bond donors (Lipinski definition) is 2. The van der Waals surface area contributed by atoms with Gasteiger partial charge in [-0.15, -0.1) is 0 Å². The molecule has 1 aromatic heterocycles. The second kappa shape index (κ2) is 7.48. The topological polar surface area (TPSA) is 90.4 Å². The average Bonchev–Trinajstić information content (AvgIpc) is 3.39. The molecule has 0 aliphatic carbocycles. The number of H-pyrrole nitrogens is 1. The van der Waals surface area contributed by atoms with Gasteiger partial charge in [-0.2, -0.15) is 10.2 Å². The van der Waals surface area contributed by atoms with Crippen molar-refractivity contribution in [3.63, 3.8) is 0 Å². The molecule has 7 nitrogen and oxygen atoms in total. The Morgan fingerprint density at radius 2 is 1.82 bits per heavy atom. The van der Waals surface area contributed by atoms with Crippen molar-refractivity contribution in [2.24, 2.45) is 5.10 Å². The van der Waals surface area contributed by atoms with Gasteiger partial charge in [-0.1, -0.05) is 30.3 Å². The van der Waals surface area contributed by atoms with Crippen LogP contribution in [0.4, 0.5) is 11.4 Å². The van der Waals surface area contributed by atoms with Gasteiger partial charge >= 0.3 is 0 Å². The first-order valence-electron chi connectivity index (χ1n) is 8.95. The van der Waals surface area contributed by atoms with Crippen LogP contribution < -0.4 is 10.3 Å². The van der Waals surface area contributed by atoms with Gasteiger partial charge in [0.15, 0.2) is 5.78 Å². The van der Waals surface area contributed by atoms with Gasteiger partial charge in [0.1, 0.15) is 11.8 Å². The van der Waals surface area contributed by atoms with Gasteiger partial charge in [0.05, 0.1) is 11.4 Å². The molecule has 0 unspecified atom stereocenters. The van der Waals surface area contributed by atoms with Gasteiger partial charge in [0.25, 0.3) is 5.91 Å². The number of carbonyl (C=O) groups is 2. The number of nitrogens with one attached hydrogen (secondary N) is 2. The molecule has 1 amide bonds. The van der Waals surface area contributed by atoms with E-state index < -0.39 is 6.04 Å². The van der Waals surface area contributed by atoms with E-state index in [-0.39, 0.29) is 18.1 Å². The smallest absolute Gasteiger partial charge is 0.271 e. The molecule has 0 fully saturated rings. The normalized spacial score (nSPS) is 16.0. The van der Waals surface area contributed by atoms with E-state index in [1.807, 2.05) is 60.7 Å². The number of hydrazone groups is 1. The van der Waals surface area contributed by atoms with Crippen molar-refractivity contribution >= 4 is 28.8 Å². The van der Waals surface area contributed by atoms with Crippen molar-refractivity contribution in [3.8, 4) is 11.3 Å². The van der Waals surface area contributed by atoms with Crippen LogP contribution in [0.3, 0.4) is 0 Å². The number of aromatic amines is 1. The number of rotatable bonds is 5. The maximum atomic E-state index is 12.7. The molecule has 1 aliphatic heterocycles. The van der Waals surface area contributed by atoms with E-state index in [0.29, 0.717) is 11.4 Å². The molecule has 0 saturated carbocycles. The summed E-state index contributed by atoms with van der Waals surface area (Å²) in [5.74, 6) is -0.335. The molecule has 0 bridgehead atoms. The highest BCUT2D eigenvalue weighted by Crippen LogP contribution is 2.26. The van der Waals surface area contributed by atoms with Crippen molar-refractivity contribution < 1.29 is 9.59 Å². The molecule has 0 spiro atoms. The predicted octanol–water partition coefficient (Wildman–Crippen LogP) is 3.24. The van der Waals surface area contributed by atoms with Gasteiger partial charge in [0, 0.05) is 18.3 Å². The lowest BCUT2D eigenvalue weighted by molar-refractivity contribution is -0.118. The fourth-order valence-corrected chi connectivity index (χ4v) is 3.14. The summed E-state index contributed by atoms with van der Waals surface area (Å²) >= 11 is 0. The number of Topliss-reactive ketones (excluding diaryl/α,β-unsaturated/α-hetero) is 1. The van der Waals surface area contributed by atoms with Crippen LogP contribution in [0.15, 0.2) is 72.0 Å². The third-order valence-corrected chi connectivity index (χ3v) is 4.62. The average molecular weight is 373 g/mol. The summed E-state index contributed by atoms with van der Waals surface area (Å²) in [6.45, 7) is 1.52. The van der Waals surface area contributed by atoms with Crippen LogP contribution in [0.5, 0.6) is 0 Å². The Balaban J connectivity index is 1.50. The molecule has 4 rings (SSSR count). The predicted molar refractivity (Wildman–Crippen MR) is 108 cm³/mol. The highest BCUT2D eigenvalue weighted by Gasteiger charge is 2.34. The van der Waals surface area contributed by atoms with Crippen LogP contribution in [0.25, 0.3) is 11.3 Å². The lowest BCUT2D eigenvalue weighted by Crippen LogP contribution is -2.33. The molecule has 0 radical (unpaired) electrons. The summed E-state index contributed by atoms with van der Waals surface area (Å²) in [6, 6.07) is 18.2. The van der Waals surface area contributed by atoms with Crippen molar-refractivity contribution in [2.45, 2.75) is 19.4 Å². The van der Waals surface area contributed by atoms with Gasteiger partial charge in [-0.3, -0.25) is 19.7 Å². The molecule has 2 aromatic carbocycles. The van der Waals surface area contributed by atoms with Crippen LogP contribution in [-0.2, 0) is 9.59 Å². The number of anilines is 2. The summed E-state index contributed by atoms with van der Waals surface area (Å²) < 4.78 is 0. The first kappa shape index (κ1) is 17.7.